The molecule has 0 fully saturated rings. The van der Waals surface area contributed by atoms with Crippen LogP contribution in [0.5, 0.6) is 0 Å². The molecular formula is C23H28N4O2S. The van der Waals surface area contributed by atoms with Gasteiger partial charge in [-0.3, -0.25) is 4.79 Å². The topological polar surface area (TPSA) is 69.0 Å². The van der Waals surface area contributed by atoms with E-state index >= 15 is 0 Å². The van der Waals surface area contributed by atoms with Crippen molar-refractivity contribution in [1.29, 1.82) is 0 Å². The highest BCUT2D eigenvalue weighted by molar-refractivity contribution is 8.00. The molecule has 1 atom stereocenters. The van der Waals surface area contributed by atoms with Gasteiger partial charge in [-0.1, -0.05) is 54.2 Å². The van der Waals surface area contributed by atoms with Crippen LogP contribution in [-0.4, -0.2) is 39.6 Å². The van der Waals surface area contributed by atoms with Gasteiger partial charge >= 0.3 is 0 Å². The van der Waals surface area contributed by atoms with Gasteiger partial charge in [0.1, 0.15) is 5.82 Å². The fourth-order valence-corrected chi connectivity index (χ4v) is 3.93. The second-order valence-corrected chi connectivity index (χ2v) is 8.58. The maximum atomic E-state index is 12.8. The van der Waals surface area contributed by atoms with Crippen LogP contribution < -0.4 is 5.32 Å². The second kappa shape index (κ2) is 10.4. The summed E-state index contributed by atoms with van der Waals surface area (Å²) in [7, 11) is 1.67. The molecule has 0 aliphatic heterocycles. The van der Waals surface area contributed by atoms with Crippen molar-refractivity contribution in [3.05, 3.63) is 71.0 Å². The number of nitrogens with one attached hydrogen (secondary N) is 1. The fraction of sp³-hybridized carbons (Fsp3) is 0.348. The Morgan fingerprint density at radius 3 is 2.67 bits per heavy atom. The third-order valence-electron chi connectivity index (χ3n) is 4.82. The van der Waals surface area contributed by atoms with E-state index in [-0.39, 0.29) is 11.2 Å². The Morgan fingerprint density at radius 1 is 1.17 bits per heavy atom. The summed E-state index contributed by atoms with van der Waals surface area (Å²) in [4.78, 5) is 12.8. The van der Waals surface area contributed by atoms with Crippen LogP contribution in [0, 0.1) is 13.8 Å². The lowest BCUT2D eigenvalue weighted by atomic mass is 10.1. The average Bonchev–Trinajstić information content (AvgIpc) is 3.10. The molecule has 1 aromatic heterocycles. The third kappa shape index (κ3) is 5.70. The van der Waals surface area contributed by atoms with E-state index in [1.54, 1.807) is 7.11 Å². The summed E-state index contributed by atoms with van der Waals surface area (Å²) in [6.07, 6.45) is 0.682. The first kappa shape index (κ1) is 22.1. The van der Waals surface area contributed by atoms with Crippen molar-refractivity contribution >= 4 is 23.4 Å². The molecule has 6 nitrogen and oxygen atoms in total. The quantitative estimate of drug-likeness (QED) is 0.520. The number of anilines is 1. The van der Waals surface area contributed by atoms with Crippen LogP contribution in [0.4, 0.5) is 5.69 Å². The van der Waals surface area contributed by atoms with Crippen molar-refractivity contribution in [2.45, 2.75) is 44.1 Å². The molecule has 0 unspecified atom stereocenters. The summed E-state index contributed by atoms with van der Waals surface area (Å²) >= 11 is 1.41. The Labute approximate surface area is 182 Å². The molecule has 1 N–H and O–H groups in total. The van der Waals surface area contributed by atoms with Crippen LogP contribution in [0.1, 0.15) is 29.4 Å². The lowest BCUT2D eigenvalue weighted by Crippen LogP contribution is -2.23. The molecule has 0 saturated carbocycles. The van der Waals surface area contributed by atoms with E-state index in [2.05, 4.69) is 27.6 Å². The number of aryl methyl sites for hydroxylation is 2. The van der Waals surface area contributed by atoms with Crippen LogP contribution in [0.3, 0.4) is 0 Å². The molecule has 3 rings (SSSR count). The van der Waals surface area contributed by atoms with Crippen molar-refractivity contribution in [3.63, 3.8) is 0 Å². The van der Waals surface area contributed by atoms with Gasteiger partial charge in [-0.15, -0.1) is 10.2 Å². The van der Waals surface area contributed by atoms with E-state index in [9.17, 15) is 4.79 Å². The zero-order valence-electron chi connectivity index (χ0n) is 17.9. The first-order valence-corrected chi connectivity index (χ1v) is 10.9. The molecule has 2 aromatic carbocycles. The molecule has 30 heavy (non-hydrogen) atoms. The van der Waals surface area contributed by atoms with Crippen LogP contribution in [0.2, 0.25) is 0 Å². The molecular weight excluding hydrogens is 396 g/mol. The number of nitrogens with zero attached hydrogens (tertiary/aromatic N) is 3. The molecule has 0 spiro atoms. The maximum Gasteiger partial charge on any atom is 0.237 e. The normalized spacial score (nSPS) is 12.0. The van der Waals surface area contributed by atoms with Gasteiger partial charge in [0.25, 0.3) is 0 Å². The molecule has 7 heteroatoms. The maximum absolute atomic E-state index is 12.8. The standard InChI is InChI=1S/C23H28N4O2S/c1-16-10-11-17(2)20(14-16)24-22(28)18(3)30-23-26-25-21(27(23)12-13-29-4)15-19-8-6-5-7-9-19/h5-11,14,18H,12-13,15H2,1-4H3,(H,24,28)/t18-/m0/s1. The zero-order chi connectivity index (χ0) is 21.5. The fourth-order valence-electron chi connectivity index (χ4n) is 3.04. The van der Waals surface area contributed by atoms with Crippen molar-refractivity contribution in [2.24, 2.45) is 0 Å². The molecule has 1 amide bonds. The van der Waals surface area contributed by atoms with Crippen LogP contribution in [0.15, 0.2) is 53.7 Å². The Hall–Kier alpha value is -2.64. The van der Waals surface area contributed by atoms with Gasteiger partial charge < -0.3 is 14.6 Å². The minimum atomic E-state index is -0.319. The van der Waals surface area contributed by atoms with E-state index in [1.807, 2.05) is 61.7 Å². The number of rotatable bonds is 9. The number of ether oxygens (including phenoxy) is 1. The second-order valence-electron chi connectivity index (χ2n) is 7.27. The highest BCUT2D eigenvalue weighted by atomic mass is 32.2. The molecule has 158 valence electrons. The molecule has 0 saturated heterocycles. The molecule has 0 radical (unpaired) electrons. The summed E-state index contributed by atoms with van der Waals surface area (Å²) in [5.41, 5.74) is 4.17. The Morgan fingerprint density at radius 2 is 1.93 bits per heavy atom. The number of amides is 1. The number of methoxy groups -OCH3 is 1. The molecule has 0 bridgehead atoms. The molecule has 3 aromatic rings. The van der Waals surface area contributed by atoms with E-state index in [4.69, 9.17) is 4.74 Å². The van der Waals surface area contributed by atoms with E-state index in [0.29, 0.717) is 19.6 Å². The van der Waals surface area contributed by atoms with Crippen LogP contribution in [0.25, 0.3) is 0 Å². The Kier molecular flexibility index (Phi) is 7.65. The summed E-state index contributed by atoms with van der Waals surface area (Å²) in [6.45, 7) is 7.08. The number of aromatic nitrogens is 3. The predicted molar refractivity (Wildman–Crippen MR) is 121 cm³/mol. The van der Waals surface area contributed by atoms with Crippen LogP contribution in [-0.2, 0) is 22.5 Å². The number of hydrogen-bond donors (Lipinski definition) is 1. The summed E-state index contributed by atoms with van der Waals surface area (Å²) in [5.74, 6) is 0.808. The molecule has 0 aliphatic carbocycles. The number of carbonyl (C=O) groups is 1. The van der Waals surface area contributed by atoms with Crippen molar-refractivity contribution in [1.82, 2.24) is 14.8 Å². The first-order chi connectivity index (χ1) is 14.5. The highest BCUT2D eigenvalue weighted by Crippen LogP contribution is 2.25. The zero-order valence-corrected chi connectivity index (χ0v) is 18.7. The number of hydrogen-bond acceptors (Lipinski definition) is 5. The van der Waals surface area contributed by atoms with Gasteiger partial charge in [-0.05, 0) is 43.5 Å². The van der Waals surface area contributed by atoms with Gasteiger partial charge in [0.05, 0.1) is 11.9 Å². The highest BCUT2D eigenvalue weighted by Gasteiger charge is 2.21. The molecule has 1 heterocycles. The summed E-state index contributed by atoms with van der Waals surface area (Å²) in [5, 5.41) is 12.2. The number of carbonyl (C=O) groups excluding carboxylic acids is 1. The average molecular weight is 425 g/mol. The van der Waals surface area contributed by atoms with E-state index in [0.717, 1.165) is 27.8 Å². The minimum Gasteiger partial charge on any atom is -0.383 e. The van der Waals surface area contributed by atoms with Crippen molar-refractivity contribution in [3.8, 4) is 0 Å². The minimum absolute atomic E-state index is 0.0559. The number of benzene rings is 2. The van der Waals surface area contributed by atoms with Crippen molar-refractivity contribution < 1.29 is 9.53 Å². The smallest absolute Gasteiger partial charge is 0.237 e. The SMILES string of the molecule is COCCn1c(Cc2ccccc2)nnc1S[C@@H](C)C(=O)Nc1cc(C)ccc1C. The molecule has 0 aliphatic rings. The Balaban J connectivity index is 1.74. The van der Waals surface area contributed by atoms with E-state index in [1.165, 1.54) is 17.3 Å². The van der Waals surface area contributed by atoms with E-state index < -0.39 is 0 Å². The summed E-state index contributed by atoms with van der Waals surface area (Å²) in [6, 6.07) is 16.2. The lowest BCUT2D eigenvalue weighted by Gasteiger charge is -2.15. The van der Waals surface area contributed by atoms with Gasteiger partial charge in [-0.2, -0.15) is 0 Å². The van der Waals surface area contributed by atoms with Gasteiger partial charge in [0.2, 0.25) is 5.91 Å². The Bertz CT molecular complexity index is 988. The van der Waals surface area contributed by atoms with Crippen molar-refractivity contribution in [2.75, 3.05) is 19.0 Å². The number of thioether (sulfide) groups is 1. The predicted octanol–water partition coefficient (Wildman–Crippen LogP) is 4.25. The largest absolute Gasteiger partial charge is 0.383 e. The summed E-state index contributed by atoms with van der Waals surface area (Å²) < 4.78 is 7.31. The van der Waals surface area contributed by atoms with Gasteiger partial charge in [-0.25, -0.2) is 0 Å². The third-order valence-corrected chi connectivity index (χ3v) is 5.90. The monoisotopic (exact) mass is 424 g/mol. The van der Waals surface area contributed by atoms with Gasteiger partial charge in [0.15, 0.2) is 5.16 Å². The lowest BCUT2D eigenvalue weighted by molar-refractivity contribution is -0.115. The van der Waals surface area contributed by atoms with Gasteiger partial charge in [0, 0.05) is 25.8 Å². The first-order valence-electron chi connectivity index (χ1n) is 9.97. The van der Waals surface area contributed by atoms with Crippen LogP contribution >= 0.6 is 11.8 Å².